The quantitative estimate of drug-likeness (QED) is 0.751. The second-order valence-electron chi connectivity index (χ2n) is 7.13. The van der Waals surface area contributed by atoms with Crippen molar-refractivity contribution in [3.8, 4) is 0 Å². The van der Waals surface area contributed by atoms with Gasteiger partial charge in [-0.15, -0.1) is 0 Å². The number of rotatable bonds is 3. The number of halogens is 4. The summed E-state index contributed by atoms with van der Waals surface area (Å²) < 4.78 is 51.7. The highest BCUT2D eigenvalue weighted by Gasteiger charge is 2.53. The second-order valence-corrected chi connectivity index (χ2v) is 7.13. The molecule has 1 aromatic heterocycles. The molecule has 1 saturated heterocycles. The second kappa shape index (κ2) is 6.72. The van der Waals surface area contributed by atoms with Crippen LogP contribution < -0.4 is 4.90 Å². The predicted molar refractivity (Wildman–Crippen MR) is 93.1 cm³/mol. The molecule has 1 amide bonds. The van der Waals surface area contributed by atoms with E-state index >= 15 is 0 Å². The van der Waals surface area contributed by atoms with E-state index < -0.39 is 17.3 Å². The van der Waals surface area contributed by atoms with Gasteiger partial charge in [-0.1, -0.05) is 12.1 Å². The summed E-state index contributed by atoms with van der Waals surface area (Å²) in [6.45, 7) is 1.57. The first-order valence-electron chi connectivity index (χ1n) is 8.99. The molecule has 28 heavy (non-hydrogen) atoms. The van der Waals surface area contributed by atoms with Gasteiger partial charge < -0.3 is 9.80 Å². The minimum absolute atomic E-state index is 0.00238. The summed E-state index contributed by atoms with van der Waals surface area (Å²) >= 11 is 0. The van der Waals surface area contributed by atoms with E-state index in [-0.39, 0.29) is 17.5 Å². The molecule has 0 bridgehead atoms. The minimum Gasteiger partial charge on any atom is -0.353 e. The van der Waals surface area contributed by atoms with Crippen molar-refractivity contribution < 1.29 is 22.4 Å². The van der Waals surface area contributed by atoms with Crippen LogP contribution in [0.15, 0.2) is 36.7 Å². The molecule has 0 spiro atoms. The fraction of sp³-hybridized carbons (Fsp3) is 0.421. The molecule has 1 aliphatic carbocycles. The molecule has 4 rings (SSSR count). The fourth-order valence-corrected chi connectivity index (χ4v) is 3.64. The molecule has 9 heteroatoms. The zero-order valence-electron chi connectivity index (χ0n) is 14.9. The van der Waals surface area contributed by atoms with Crippen molar-refractivity contribution in [1.29, 1.82) is 0 Å². The van der Waals surface area contributed by atoms with Gasteiger partial charge in [0.05, 0.1) is 5.41 Å². The zero-order chi connectivity index (χ0) is 19.9. The van der Waals surface area contributed by atoms with Crippen molar-refractivity contribution in [3.05, 3.63) is 53.7 Å². The number of amides is 1. The summed E-state index contributed by atoms with van der Waals surface area (Å²) in [5.41, 5.74) is -0.759. The van der Waals surface area contributed by atoms with Crippen molar-refractivity contribution in [2.45, 2.75) is 24.4 Å². The maximum Gasteiger partial charge on any atom is 0.433 e. The molecule has 2 aliphatic rings. The lowest BCUT2D eigenvalue weighted by atomic mass is 9.94. The Kier molecular flexibility index (Phi) is 4.47. The number of hydrogen-bond acceptors (Lipinski definition) is 4. The molecule has 0 unspecified atom stereocenters. The van der Waals surface area contributed by atoms with Crippen LogP contribution in [0.3, 0.4) is 0 Å². The predicted octanol–water partition coefficient (Wildman–Crippen LogP) is 3.01. The average molecular weight is 394 g/mol. The summed E-state index contributed by atoms with van der Waals surface area (Å²) in [4.78, 5) is 23.7. The highest BCUT2D eigenvalue weighted by Crippen LogP contribution is 2.49. The molecule has 2 heterocycles. The van der Waals surface area contributed by atoms with Crippen molar-refractivity contribution in [3.63, 3.8) is 0 Å². The molecular weight excluding hydrogens is 376 g/mol. The molecule has 0 atom stereocenters. The van der Waals surface area contributed by atoms with Gasteiger partial charge in [-0.2, -0.15) is 13.2 Å². The molecule has 0 N–H and O–H groups in total. The van der Waals surface area contributed by atoms with Crippen LogP contribution in [0.25, 0.3) is 0 Å². The van der Waals surface area contributed by atoms with Crippen molar-refractivity contribution in [2.75, 3.05) is 31.1 Å². The Morgan fingerprint density at radius 3 is 2.21 bits per heavy atom. The van der Waals surface area contributed by atoms with Crippen LogP contribution in [0, 0.1) is 5.82 Å². The van der Waals surface area contributed by atoms with Crippen LogP contribution >= 0.6 is 0 Å². The third kappa shape index (κ3) is 3.41. The van der Waals surface area contributed by atoms with Crippen LogP contribution in [0.5, 0.6) is 0 Å². The van der Waals surface area contributed by atoms with E-state index in [0.29, 0.717) is 26.2 Å². The molecule has 1 aliphatic heterocycles. The van der Waals surface area contributed by atoms with Gasteiger partial charge in [0.15, 0.2) is 0 Å². The van der Waals surface area contributed by atoms with E-state index in [1.54, 1.807) is 21.9 Å². The van der Waals surface area contributed by atoms with Crippen molar-refractivity contribution in [2.24, 2.45) is 0 Å². The Balaban J connectivity index is 1.43. The van der Waals surface area contributed by atoms with Gasteiger partial charge in [0.25, 0.3) is 0 Å². The van der Waals surface area contributed by atoms with Gasteiger partial charge in [-0.05, 0) is 30.5 Å². The van der Waals surface area contributed by atoms with E-state index in [9.17, 15) is 22.4 Å². The third-order valence-corrected chi connectivity index (χ3v) is 5.39. The maximum atomic E-state index is 13.2. The Labute approximate surface area is 159 Å². The van der Waals surface area contributed by atoms with Crippen LogP contribution in [-0.4, -0.2) is 47.0 Å². The Hall–Kier alpha value is -2.71. The number of carbonyl (C=O) groups is 1. The molecular formula is C19H18F4N4O. The smallest absolute Gasteiger partial charge is 0.353 e. The maximum absolute atomic E-state index is 13.2. The molecule has 0 radical (unpaired) electrons. The largest absolute Gasteiger partial charge is 0.433 e. The molecule has 148 valence electrons. The van der Waals surface area contributed by atoms with Crippen LogP contribution in [0.1, 0.15) is 24.1 Å². The van der Waals surface area contributed by atoms with E-state index in [1.165, 1.54) is 12.1 Å². The minimum atomic E-state index is -4.52. The standard InChI is InChI=1S/C19H18F4N4O/c20-14-3-1-13(2-4-14)18(5-6-18)17(28)27-9-7-26(8-10-27)16-11-15(19(21,22)23)24-12-25-16/h1-4,11-12H,5-10H2. The van der Waals surface area contributed by atoms with Gasteiger partial charge in [0, 0.05) is 32.2 Å². The Bertz CT molecular complexity index is 872. The molecule has 1 aromatic carbocycles. The van der Waals surface area contributed by atoms with Gasteiger partial charge in [-0.25, -0.2) is 14.4 Å². The van der Waals surface area contributed by atoms with E-state index in [2.05, 4.69) is 9.97 Å². The zero-order valence-corrected chi connectivity index (χ0v) is 14.9. The lowest BCUT2D eigenvalue weighted by Crippen LogP contribution is -2.51. The van der Waals surface area contributed by atoms with Crippen molar-refractivity contribution in [1.82, 2.24) is 14.9 Å². The van der Waals surface area contributed by atoms with E-state index in [4.69, 9.17) is 0 Å². The number of aromatic nitrogens is 2. The number of alkyl halides is 3. The summed E-state index contributed by atoms with van der Waals surface area (Å²) in [6.07, 6.45) is -2.18. The first-order chi connectivity index (χ1) is 13.3. The SMILES string of the molecule is O=C(N1CCN(c2cc(C(F)(F)F)ncn2)CC1)C1(c2ccc(F)cc2)CC1. The Morgan fingerprint density at radius 2 is 1.64 bits per heavy atom. The normalized spacial score (nSPS) is 18.9. The number of nitrogens with zero attached hydrogens (tertiary/aromatic N) is 4. The van der Waals surface area contributed by atoms with Gasteiger partial charge in [0.2, 0.25) is 5.91 Å². The van der Waals surface area contributed by atoms with E-state index in [1.807, 2.05) is 0 Å². The fourth-order valence-electron chi connectivity index (χ4n) is 3.64. The van der Waals surface area contributed by atoms with Gasteiger partial charge in [-0.3, -0.25) is 4.79 Å². The molecule has 2 fully saturated rings. The number of piperazine rings is 1. The number of anilines is 1. The monoisotopic (exact) mass is 394 g/mol. The molecule has 1 saturated carbocycles. The molecule has 2 aromatic rings. The van der Waals surface area contributed by atoms with Gasteiger partial charge in [0.1, 0.15) is 23.7 Å². The third-order valence-electron chi connectivity index (χ3n) is 5.39. The van der Waals surface area contributed by atoms with E-state index in [0.717, 1.165) is 30.8 Å². The first kappa shape index (κ1) is 18.6. The summed E-state index contributed by atoms with van der Waals surface area (Å²) in [5.74, 6) is -0.143. The summed E-state index contributed by atoms with van der Waals surface area (Å²) in [5, 5.41) is 0. The topological polar surface area (TPSA) is 49.3 Å². The summed E-state index contributed by atoms with van der Waals surface area (Å²) in [7, 11) is 0. The van der Waals surface area contributed by atoms with Crippen molar-refractivity contribution >= 4 is 11.7 Å². The Morgan fingerprint density at radius 1 is 1.00 bits per heavy atom. The highest BCUT2D eigenvalue weighted by molar-refractivity contribution is 5.91. The van der Waals surface area contributed by atoms with Crippen LogP contribution in [-0.2, 0) is 16.4 Å². The van der Waals surface area contributed by atoms with Gasteiger partial charge >= 0.3 is 6.18 Å². The highest BCUT2D eigenvalue weighted by atomic mass is 19.4. The lowest BCUT2D eigenvalue weighted by Gasteiger charge is -2.37. The average Bonchev–Trinajstić information content (AvgIpc) is 3.49. The summed E-state index contributed by atoms with van der Waals surface area (Å²) in [6, 6.07) is 6.94. The first-order valence-corrected chi connectivity index (χ1v) is 8.99. The lowest BCUT2D eigenvalue weighted by molar-refractivity contribution is -0.141. The van der Waals surface area contributed by atoms with Crippen LogP contribution in [0.2, 0.25) is 0 Å². The molecule has 5 nitrogen and oxygen atoms in total. The number of hydrogen-bond donors (Lipinski definition) is 0. The van der Waals surface area contributed by atoms with Crippen LogP contribution in [0.4, 0.5) is 23.4 Å². The number of carbonyl (C=O) groups excluding carboxylic acids is 1. The number of benzene rings is 1.